The third kappa shape index (κ3) is 14.4. The predicted molar refractivity (Wildman–Crippen MR) is 221 cm³/mol. The molecule has 8 nitrogen and oxygen atoms in total. The molecule has 52 heavy (non-hydrogen) atoms. The zero-order valence-electron chi connectivity index (χ0n) is 31.4. The van der Waals surface area contributed by atoms with Gasteiger partial charge in [-0.1, -0.05) is 71.4 Å². The van der Waals surface area contributed by atoms with Crippen molar-refractivity contribution < 1.29 is 32.6 Å². The molecule has 0 spiro atoms. The maximum absolute atomic E-state index is 12.3. The second-order valence-corrected chi connectivity index (χ2v) is 24.4. The normalized spacial score (nSPS) is 12.0. The van der Waals surface area contributed by atoms with Crippen LogP contribution in [-0.4, -0.2) is 46.6 Å². The minimum absolute atomic E-state index is 0.0299. The minimum atomic E-state index is -3.60. The fourth-order valence-corrected chi connectivity index (χ4v) is 7.38. The van der Waals surface area contributed by atoms with E-state index in [9.17, 15) is 18.0 Å². The van der Waals surface area contributed by atoms with E-state index < -0.39 is 17.3 Å². The molecule has 0 saturated heterocycles. The highest BCUT2D eigenvalue weighted by Crippen LogP contribution is 2.43. The Morgan fingerprint density at radius 3 is 2.00 bits per heavy atom. The van der Waals surface area contributed by atoms with Gasteiger partial charge in [0.25, 0.3) is 5.91 Å². The fraction of sp³-hybridized carbons (Fsp3) is 0.500. The Morgan fingerprint density at radius 1 is 0.788 bits per heavy atom. The van der Waals surface area contributed by atoms with E-state index in [0.29, 0.717) is 37.5 Å². The summed E-state index contributed by atoms with van der Waals surface area (Å²) in [5.41, 5.74) is 4.63. The summed E-state index contributed by atoms with van der Waals surface area (Å²) in [4.78, 5) is 22.8. The number of unbranched alkanes of at least 4 members (excludes halogenated alkanes) is 2. The molecule has 0 aliphatic carbocycles. The van der Waals surface area contributed by atoms with Crippen molar-refractivity contribution in [3.8, 4) is 11.5 Å². The van der Waals surface area contributed by atoms with Crippen LogP contribution in [-0.2, 0) is 25.5 Å². The first-order chi connectivity index (χ1) is 24.2. The molecular weight excluding hydrogens is 878 g/mol. The highest BCUT2D eigenvalue weighted by atomic mass is 80.0. The van der Waals surface area contributed by atoms with Crippen molar-refractivity contribution in [1.82, 2.24) is 5.32 Å². The van der Waals surface area contributed by atoms with E-state index in [1.54, 1.807) is 12.1 Å². The molecular formula is C40H54Br3NO7S. The molecule has 0 aliphatic rings. The second kappa shape index (κ2) is 20.9. The largest absolute Gasteiger partial charge is 0.494 e. The lowest BCUT2D eigenvalue weighted by Gasteiger charge is -2.30. The van der Waals surface area contributed by atoms with Crippen LogP contribution in [0.2, 0.25) is 0 Å². The SMILES string of the molecule is CCC(C)(C)c1ccc(OCCCNC(=O)c2cccc(C)c2)c(C(C)(C)CC)c1.O=C(O)CCCCCOc1ccc(S(=O)(=O)C(Br)(Br)Br)cc1. The van der Waals surface area contributed by atoms with Crippen molar-refractivity contribution >= 4 is 69.5 Å². The molecule has 3 aromatic carbocycles. The third-order valence-corrected chi connectivity index (χ3v) is 14.5. The summed E-state index contributed by atoms with van der Waals surface area (Å²) in [7, 11) is -3.60. The van der Waals surface area contributed by atoms with E-state index in [4.69, 9.17) is 14.6 Å². The van der Waals surface area contributed by atoms with Crippen molar-refractivity contribution in [3.63, 3.8) is 0 Å². The van der Waals surface area contributed by atoms with Gasteiger partial charge in [-0.05, 0) is 152 Å². The molecule has 3 aromatic rings. The van der Waals surface area contributed by atoms with Gasteiger partial charge in [0, 0.05) is 24.1 Å². The standard InChI is InChI=1S/C27H39NO2.C13H15Br3O5S/c1-8-26(4,5)22-14-15-24(23(19-22)27(6,7)9-2)30-17-11-16-28-25(29)21-13-10-12-20(3)18-21;14-13(15,16)22(19,20)11-7-5-10(6-8-11)21-9-3-1-2-4-12(17)18/h10,12-15,18-19H,8-9,11,16-17H2,1-7H3,(H,28,29);5-8H,1-4,9H2,(H,17,18). The molecule has 0 bridgehead atoms. The number of benzene rings is 3. The van der Waals surface area contributed by atoms with Crippen LogP contribution >= 0.6 is 47.8 Å². The molecule has 0 atom stereocenters. The van der Waals surface area contributed by atoms with Gasteiger partial charge in [-0.15, -0.1) is 0 Å². The number of amides is 1. The predicted octanol–water partition coefficient (Wildman–Crippen LogP) is 10.8. The van der Waals surface area contributed by atoms with Crippen LogP contribution in [0, 0.1) is 6.92 Å². The summed E-state index contributed by atoms with van der Waals surface area (Å²) in [6, 6.07) is 20.4. The Bertz CT molecular complexity index is 1700. The van der Waals surface area contributed by atoms with Crippen LogP contribution in [0.1, 0.15) is 114 Å². The van der Waals surface area contributed by atoms with Gasteiger partial charge < -0.3 is 19.9 Å². The number of sulfone groups is 1. The average Bonchev–Trinajstić information content (AvgIpc) is 3.09. The highest BCUT2D eigenvalue weighted by Gasteiger charge is 2.37. The Labute approximate surface area is 336 Å². The van der Waals surface area contributed by atoms with Gasteiger partial charge in [-0.25, -0.2) is 8.42 Å². The number of nitrogens with one attached hydrogen (secondary N) is 1. The molecule has 0 aromatic heterocycles. The van der Waals surface area contributed by atoms with Crippen molar-refractivity contribution in [2.24, 2.45) is 0 Å². The molecule has 12 heteroatoms. The van der Waals surface area contributed by atoms with E-state index in [1.807, 2.05) is 31.2 Å². The summed E-state index contributed by atoms with van der Waals surface area (Å²) in [5.74, 6) is 0.709. The first-order valence-corrected chi connectivity index (χ1v) is 21.5. The van der Waals surface area contributed by atoms with Crippen LogP contribution < -0.4 is 14.8 Å². The van der Waals surface area contributed by atoms with Crippen LogP contribution in [0.25, 0.3) is 0 Å². The molecule has 288 valence electrons. The first kappa shape index (κ1) is 45.7. The monoisotopic (exact) mass is 929 g/mol. The number of carbonyl (C=O) groups is 2. The number of halogens is 3. The van der Waals surface area contributed by atoms with Crippen LogP contribution in [0.4, 0.5) is 0 Å². The number of ether oxygens (including phenoxy) is 2. The number of carboxylic acids is 1. The number of carboxylic acid groups (broad SMARTS) is 1. The average molecular weight is 933 g/mol. The van der Waals surface area contributed by atoms with Gasteiger partial charge in [-0.2, -0.15) is 0 Å². The lowest BCUT2D eigenvalue weighted by atomic mass is 9.76. The van der Waals surface area contributed by atoms with Crippen molar-refractivity contribution in [2.45, 2.75) is 111 Å². The van der Waals surface area contributed by atoms with Gasteiger partial charge in [0.05, 0.1) is 18.1 Å². The van der Waals surface area contributed by atoms with Gasteiger partial charge in [0.1, 0.15) is 11.5 Å². The van der Waals surface area contributed by atoms with Crippen molar-refractivity contribution in [3.05, 3.63) is 89.0 Å². The van der Waals surface area contributed by atoms with Crippen LogP contribution in [0.15, 0.2) is 71.6 Å². The Hall–Kier alpha value is -2.41. The van der Waals surface area contributed by atoms with Gasteiger partial charge in [0.2, 0.25) is 11.3 Å². The second-order valence-electron chi connectivity index (χ2n) is 14.0. The number of aliphatic carboxylic acids is 1. The minimum Gasteiger partial charge on any atom is -0.494 e. The summed E-state index contributed by atoms with van der Waals surface area (Å²) in [5, 5.41) is 11.5. The van der Waals surface area contributed by atoms with Crippen LogP contribution in [0.3, 0.4) is 0 Å². The molecule has 0 aliphatic heterocycles. The lowest BCUT2D eigenvalue weighted by Crippen LogP contribution is -2.26. The molecule has 3 rings (SSSR count). The number of aryl methyl sites for hydroxylation is 1. The molecule has 1 amide bonds. The van der Waals surface area contributed by atoms with E-state index in [0.717, 1.165) is 43.4 Å². The van der Waals surface area contributed by atoms with E-state index in [2.05, 4.69) is 113 Å². The first-order valence-electron chi connectivity index (χ1n) is 17.6. The van der Waals surface area contributed by atoms with E-state index in [-0.39, 0.29) is 28.1 Å². The number of carbonyl (C=O) groups excluding carboxylic acids is 1. The zero-order valence-corrected chi connectivity index (χ0v) is 36.9. The molecule has 0 radical (unpaired) electrons. The molecule has 2 N–H and O–H groups in total. The Kier molecular flexibility index (Phi) is 18.4. The highest BCUT2D eigenvalue weighted by molar-refractivity contribution is 9.42. The van der Waals surface area contributed by atoms with E-state index in [1.165, 1.54) is 23.3 Å². The molecule has 0 unspecified atom stereocenters. The quantitative estimate of drug-likeness (QED) is 0.0963. The lowest BCUT2D eigenvalue weighted by molar-refractivity contribution is -0.137. The van der Waals surface area contributed by atoms with Gasteiger partial charge >= 0.3 is 5.97 Å². The fourth-order valence-electron chi connectivity index (χ4n) is 4.94. The molecule has 0 saturated carbocycles. The zero-order chi connectivity index (χ0) is 39.2. The van der Waals surface area contributed by atoms with Crippen molar-refractivity contribution in [2.75, 3.05) is 19.8 Å². The summed E-state index contributed by atoms with van der Waals surface area (Å²) in [6.07, 6.45) is 5.23. The van der Waals surface area contributed by atoms with Crippen molar-refractivity contribution in [1.29, 1.82) is 0 Å². The number of hydrogen-bond donors (Lipinski definition) is 2. The topological polar surface area (TPSA) is 119 Å². The van der Waals surface area contributed by atoms with Gasteiger partial charge in [-0.3, -0.25) is 9.59 Å². The third-order valence-electron chi connectivity index (χ3n) is 9.14. The number of alkyl halides is 3. The van der Waals surface area contributed by atoms with Gasteiger partial charge in [0.15, 0.2) is 0 Å². The Morgan fingerprint density at radius 2 is 1.42 bits per heavy atom. The maximum atomic E-state index is 12.3. The summed E-state index contributed by atoms with van der Waals surface area (Å²) < 4.78 is 34.5. The summed E-state index contributed by atoms with van der Waals surface area (Å²) in [6.45, 7) is 17.2. The smallest absolute Gasteiger partial charge is 0.303 e. The Balaban J connectivity index is 0.000000378. The molecule has 0 heterocycles. The maximum Gasteiger partial charge on any atom is 0.303 e. The number of rotatable bonds is 18. The summed E-state index contributed by atoms with van der Waals surface area (Å²) >= 11 is 9.01. The molecule has 0 fully saturated rings. The number of hydrogen-bond acceptors (Lipinski definition) is 6. The van der Waals surface area contributed by atoms with Crippen LogP contribution in [0.5, 0.6) is 11.5 Å². The van der Waals surface area contributed by atoms with E-state index >= 15 is 0 Å².